The molecule has 2 unspecified atom stereocenters. The Balaban J connectivity index is 1.57. The Morgan fingerprint density at radius 1 is 0.938 bits per heavy atom. The van der Waals surface area contributed by atoms with E-state index < -0.39 is 0 Å². The van der Waals surface area contributed by atoms with E-state index in [9.17, 15) is 0 Å². The first-order valence-electron chi connectivity index (χ1n) is 10.8. The molecule has 6 rings (SSSR count). The van der Waals surface area contributed by atoms with Crippen LogP contribution in [0.3, 0.4) is 0 Å². The van der Waals surface area contributed by atoms with Gasteiger partial charge in [0.15, 0.2) is 0 Å². The van der Waals surface area contributed by atoms with Gasteiger partial charge >= 0.3 is 0 Å². The molecule has 0 aliphatic carbocycles. The lowest BCUT2D eigenvalue weighted by atomic mass is 9.84. The summed E-state index contributed by atoms with van der Waals surface area (Å²) in [4.78, 5) is 4.48. The van der Waals surface area contributed by atoms with E-state index in [4.69, 9.17) is 9.47 Å². The Labute approximate surface area is 186 Å². The first-order chi connectivity index (χ1) is 15.8. The predicted molar refractivity (Wildman–Crippen MR) is 123 cm³/mol. The third kappa shape index (κ3) is 2.95. The summed E-state index contributed by atoms with van der Waals surface area (Å²) in [6, 6.07) is 26.5. The van der Waals surface area contributed by atoms with E-state index in [1.54, 1.807) is 6.33 Å². The van der Waals surface area contributed by atoms with Crippen molar-refractivity contribution in [1.29, 1.82) is 0 Å². The molecule has 0 spiro atoms. The van der Waals surface area contributed by atoms with Gasteiger partial charge in [-0.2, -0.15) is 10.1 Å². The van der Waals surface area contributed by atoms with Gasteiger partial charge in [0.2, 0.25) is 5.95 Å². The van der Waals surface area contributed by atoms with Gasteiger partial charge in [0.05, 0.1) is 12.3 Å². The molecule has 0 fully saturated rings. The second kappa shape index (κ2) is 7.57. The monoisotopic (exact) mass is 422 g/mol. The van der Waals surface area contributed by atoms with E-state index >= 15 is 0 Å². The van der Waals surface area contributed by atoms with E-state index in [2.05, 4.69) is 57.9 Å². The molecule has 1 N–H and O–H groups in total. The maximum Gasteiger partial charge on any atom is 0.226 e. The van der Waals surface area contributed by atoms with E-state index in [1.165, 1.54) is 0 Å². The van der Waals surface area contributed by atoms with E-state index in [-0.39, 0.29) is 12.1 Å². The molecule has 3 heterocycles. The highest BCUT2D eigenvalue weighted by atomic mass is 16.5. The molecule has 158 valence electrons. The van der Waals surface area contributed by atoms with Crippen LogP contribution in [0.25, 0.3) is 5.70 Å². The van der Waals surface area contributed by atoms with Gasteiger partial charge in [0.1, 0.15) is 30.0 Å². The minimum Gasteiger partial charge on any atom is -0.494 e. The number of nitrogens with one attached hydrogen (secondary N) is 1. The van der Waals surface area contributed by atoms with E-state index in [0.717, 1.165) is 45.4 Å². The molecule has 0 bridgehead atoms. The van der Waals surface area contributed by atoms with Crippen molar-refractivity contribution in [1.82, 2.24) is 14.8 Å². The average Bonchev–Trinajstić information content (AvgIpc) is 3.32. The van der Waals surface area contributed by atoms with Crippen molar-refractivity contribution in [2.75, 3.05) is 11.9 Å². The van der Waals surface area contributed by atoms with Crippen molar-refractivity contribution in [3.05, 3.63) is 107 Å². The lowest BCUT2D eigenvalue weighted by Gasteiger charge is -2.39. The minimum absolute atomic E-state index is 0.144. The Morgan fingerprint density at radius 3 is 2.53 bits per heavy atom. The van der Waals surface area contributed by atoms with Gasteiger partial charge in [0.25, 0.3) is 0 Å². The fourth-order valence-electron chi connectivity index (χ4n) is 4.55. The molecule has 0 saturated carbocycles. The van der Waals surface area contributed by atoms with Crippen LogP contribution in [0.2, 0.25) is 0 Å². The second-order valence-corrected chi connectivity index (χ2v) is 7.79. The summed E-state index contributed by atoms with van der Waals surface area (Å²) in [7, 11) is 0. The normalized spacial score (nSPS) is 18.7. The molecule has 3 aromatic carbocycles. The Bertz CT molecular complexity index is 1290. The third-order valence-electron chi connectivity index (χ3n) is 5.93. The van der Waals surface area contributed by atoms with Crippen LogP contribution < -0.4 is 14.8 Å². The summed E-state index contributed by atoms with van der Waals surface area (Å²) >= 11 is 0. The summed E-state index contributed by atoms with van der Waals surface area (Å²) in [5, 5.41) is 8.09. The van der Waals surface area contributed by atoms with Crippen LogP contribution in [0.5, 0.6) is 11.5 Å². The number of aromatic nitrogens is 3. The number of hydrogen-bond donors (Lipinski definition) is 1. The van der Waals surface area contributed by atoms with Gasteiger partial charge in [0, 0.05) is 11.1 Å². The van der Waals surface area contributed by atoms with Crippen molar-refractivity contribution in [3.63, 3.8) is 0 Å². The SMILES string of the molecule is CCOc1ccc(C2Oc3ccccc3C3=C2C(c2ccccc2)n2ncnc2N3)cc1. The molecule has 0 saturated heterocycles. The molecular formula is C26H22N4O2. The van der Waals surface area contributed by atoms with Crippen LogP contribution in [0.1, 0.15) is 35.8 Å². The highest BCUT2D eigenvalue weighted by Crippen LogP contribution is 2.50. The number of fused-ring (bicyclic) bond motifs is 3. The van der Waals surface area contributed by atoms with Gasteiger partial charge in [-0.05, 0) is 42.3 Å². The summed E-state index contributed by atoms with van der Waals surface area (Å²) in [5.41, 5.74) is 5.35. The molecule has 2 atom stereocenters. The molecule has 6 heteroatoms. The number of nitrogens with zero attached hydrogens (tertiary/aromatic N) is 3. The maximum absolute atomic E-state index is 6.63. The van der Waals surface area contributed by atoms with Gasteiger partial charge in [-0.3, -0.25) is 0 Å². The minimum atomic E-state index is -0.286. The summed E-state index contributed by atoms with van der Waals surface area (Å²) in [6.07, 6.45) is 1.31. The molecule has 4 aromatic rings. The van der Waals surface area contributed by atoms with Crippen molar-refractivity contribution < 1.29 is 9.47 Å². The topological polar surface area (TPSA) is 61.2 Å². The summed E-state index contributed by atoms with van der Waals surface area (Å²) < 4.78 is 14.2. The van der Waals surface area contributed by atoms with Crippen molar-refractivity contribution in [2.45, 2.75) is 19.1 Å². The molecule has 2 aliphatic rings. The van der Waals surface area contributed by atoms with Crippen LogP contribution in [0.4, 0.5) is 5.95 Å². The first-order valence-corrected chi connectivity index (χ1v) is 10.8. The van der Waals surface area contributed by atoms with Gasteiger partial charge in [-0.15, -0.1) is 0 Å². The largest absolute Gasteiger partial charge is 0.494 e. The smallest absolute Gasteiger partial charge is 0.226 e. The summed E-state index contributed by atoms with van der Waals surface area (Å²) in [5.74, 6) is 2.42. The highest BCUT2D eigenvalue weighted by molar-refractivity contribution is 5.85. The van der Waals surface area contributed by atoms with Crippen LogP contribution in [-0.4, -0.2) is 21.4 Å². The number of rotatable bonds is 4. The highest BCUT2D eigenvalue weighted by Gasteiger charge is 2.40. The number of benzene rings is 3. The molecule has 32 heavy (non-hydrogen) atoms. The molecule has 0 amide bonds. The fourth-order valence-corrected chi connectivity index (χ4v) is 4.55. The van der Waals surface area contributed by atoms with Crippen LogP contribution >= 0.6 is 0 Å². The number of hydrogen-bond acceptors (Lipinski definition) is 5. The summed E-state index contributed by atoms with van der Waals surface area (Å²) in [6.45, 7) is 2.62. The lowest BCUT2D eigenvalue weighted by molar-refractivity contribution is 0.223. The predicted octanol–water partition coefficient (Wildman–Crippen LogP) is 5.24. The molecule has 6 nitrogen and oxygen atoms in total. The average molecular weight is 422 g/mol. The van der Waals surface area contributed by atoms with E-state index in [0.29, 0.717) is 6.61 Å². The quantitative estimate of drug-likeness (QED) is 0.488. The Hall–Kier alpha value is -4.06. The van der Waals surface area contributed by atoms with Crippen LogP contribution in [-0.2, 0) is 0 Å². The molecule has 2 aliphatic heterocycles. The van der Waals surface area contributed by atoms with E-state index in [1.807, 2.05) is 48.0 Å². The molecule has 0 radical (unpaired) electrons. The maximum atomic E-state index is 6.63. The second-order valence-electron chi connectivity index (χ2n) is 7.79. The number of ether oxygens (including phenoxy) is 2. The zero-order valence-corrected chi connectivity index (χ0v) is 17.6. The van der Waals surface area contributed by atoms with Crippen molar-refractivity contribution >= 4 is 11.6 Å². The molecule has 1 aromatic heterocycles. The zero-order valence-electron chi connectivity index (χ0n) is 17.6. The zero-order chi connectivity index (χ0) is 21.5. The molecular weight excluding hydrogens is 400 g/mol. The van der Waals surface area contributed by atoms with Gasteiger partial charge in [-0.25, -0.2) is 4.68 Å². The van der Waals surface area contributed by atoms with Crippen LogP contribution in [0.15, 0.2) is 90.8 Å². The number of para-hydroxylation sites is 1. The lowest BCUT2D eigenvalue weighted by Crippen LogP contribution is -2.32. The van der Waals surface area contributed by atoms with Crippen molar-refractivity contribution in [2.24, 2.45) is 0 Å². The van der Waals surface area contributed by atoms with Crippen molar-refractivity contribution in [3.8, 4) is 11.5 Å². The third-order valence-corrected chi connectivity index (χ3v) is 5.93. The first kappa shape index (κ1) is 18.7. The van der Waals surface area contributed by atoms with Crippen LogP contribution in [0, 0.1) is 0 Å². The number of anilines is 1. The standard InChI is InChI=1S/C26H22N4O2/c1-2-31-19-14-12-18(13-15-19)25-22-23(20-10-6-7-11-21(20)32-25)29-26-27-16-28-30(26)24(22)17-8-4-3-5-9-17/h3-16,24-25H,2H2,1H3,(H,27,28,29). The fraction of sp³-hybridized carbons (Fsp3) is 0.154. The Kier molecular flexibility index (Phi) is 4.42. The Morgan fingerprint density at radius 2 is 1.72 bits per heavy atom. The van der Waals surface area contributed by atoms with Gasteiger partial charge < -0.3 is 14.8 Å². The van der Waals surface area contributed by atoms with Gasteiger partial charge in [-0.1, -0.05) is 54.6 Å².